The molecule has 0 unspecified atom stereocenters. The van der Waals surface area contributed by atoms with Gasteiger partial charge in [0.15, 0.2) is 0 Å². The van der Waals surface area contributed by atoms with Crippen molar-refractivity contribution in [3.63, 3.8) is 0 Å². The van der Waals surface area contributed by atoms with Crippen molar-refractivity contribution in [3.8, 4) is 0 Å². The molecule has 7 heteroatoms. The van der Waals surface area contributed by atoms with E-state index in [1.54, 1.807) is 11.2 Å². The quantitative estimate of drug-likeness (QED) is 0.497. The molecule has 164 valence electrons. The Balaban J connectivity index is 1.73. The first-order chi connectivity index (χ1) is 16.2. The van der Waals surface area contributed by atoms with E-state index >= 15 is 0 Å². The molecule has 0 fully saturated rings. The van der Waals surface area contributed by atoms with Crippen LogP contribution in [-0.2, 0) is 17.8 Å². The maximum atomic E-state index is 13.4. The number of pyridine rings is 1. The second kappa shape index (κ2) is 10.6. The van der Waals surface area contributed by atoms with Gasteiger partial charge in [0.1, 0.15) is 10.7 Å². The zero-order valence-electron chi connectivity index (χ0n) is 17.9. The van der Waals surface area contributed by atoms with Gasteiger partial charge in [-0.3, -0.25) is 9.78 Å². The van der Waals surface area contributed by atoms with Crippen molar-refractivity contribution in [1.82, 2.24) is 10.3 Å². The number of nitrogens with zero attached hydrogens (tertiary/aromatic N) is 3. The lowest BCUT2D eigenvalue weighted by Gasteiger charge is -2.23. The third-order valence-corrected chi connectivity index (χ3v) is 5.86. The van der Waals surface area contributed by atoms with Crippen LogP contribution < -0.4 is 10.3 Å². The van der Waals surface area contributed by atoms with Gasteiger partial charge >= 0.3 is 0 Å². The highest BCUT2D eigenvalue weighted by molar-refractivity contribution is 8.17. The van der Waals surface area contributed by atoms with Crippen molar-refractivity contribution in [2.75, 3.05) is 5.01 Å². The maximum Gasteiger partial charge on any atom is 0.270 e. The molecule has 0 bridgehead atoms. The molecule has 0 aliphatic carbocycles. The highest BCUT2D eigenvalue weighted by Gasteiger charge is 2.28. The molecule has 1 aliphatic rings. The number of hydrazone groups is 1. The number of para-hydroxylation sites is 1. The Kier molecular flexibility index (Phi) is 7.12. The van der Waals surface area contributed by atoms with Crippen molar-refractivity contribution >= 4 is 34.6 Å². The van der Waals surface area contributed by atoms with Crippen molar-refractivity contribution in [2.45, 2.75) is 13.0 Å². The molecule has 0 saturated heterocycles. The fraction of sp³-hybridized carbons (Fsp3) is 0.0769. The molecular formula is C26H23N5OS. The van der Waals surface area contributed by atoms with Crippen molar-refractivity contribution in [3.05, 3.63) is 119 Å². The van der Waals surface area contributed by atoms with E-state index in [1.807, 2.05) is 78.9 Å². The van der Waals surface area contributed by atoms with E-state index in [-0.39, 0.29) is 11.6 Å². The normalized spacial score (nSPS) is 13.9. The minimum atomic E-state index is -0.328. The van der Waals surface area contributed by atoms with E-state index < -0.39 is 0 Å². The molecule has 2 N–H and O–H groups in total. The Bertz CT molecular complexity index is 1210. The largest absolute Gasteiger partial charge is 0.347 e. The van der Waals surface area contributed by atoms with Gasteiger partial charge < -0.3 is 10.7 Å². The van der Waals surface area contributed by atoms with Crippen LogP contribution in [0, 0.1) is 5.41 Å². The summed E-state index contributed by atoms with van der Waals surface area (Å²) in [6, 6.07) is 24.9. The number of amides is 1. The molecule has 1 amide bonds. The lowest BCUT2D eigenvalue weighted by atomic mass is 10.1. The topological polar surface area (TPSA) is 81.4 Å². The molecular weight excluding hydrogens is 430 g/mol. The molecule has 0 spiro atoms. The predicted molar refractivity (Wildman–Crippen MR) is 135 cm³/mol. The number of carbonyl (C=O) groups is 1. The first-order valence-electron chi connectivity index (χ1n) is 10.4. The fourth-order valence-electron chi connectivity index (χ4n) is 3.34. The molecule has 4 rings (SSSR count). The number of rotatable bonds is 7. The fourth-order valence-corrected chi connectivity index (χ4v) is 4.23. The van der Waals surface area contributed by atoms with Crippen LogP contribution in [0.4, 0.5) is 5.69 Å². The summed E-state index contributed by atoms with van der Waals surface area (Å²) in [4.78, 5) is 18.4. The van der Waals surface area contributed by atoms with Gasteiger partial charge in [-0.05, 0) is 29.8 Å². The van der Waals surface area contributed by atoms with E-state index in [9.17, 15) is 4.79 Å². The SMILES string of the molecule is C=C1SC(Cc2ccccn2)=NN(c2ccccc2)C(C(=O)NCc2ccccc2)=C1C=N. The number of hydrogen-bond donors (Lipinski definition) is 2. The second-order valence-corrected chi connectivity index (χ2v) is 8.41. The number of nitrogens with one attached hydrogen (secondary N) is 2. The summed E-state index contributed by atoms with van der Waals surface area (Å²) in [5.74, 6) is -0.328. The Labute approximate surface area is 197 Å². The Hall–Kier alpha value is -3.97. The van der Waals surface area contributed by atoms with Crippen LogP contribution in [0.15, 0.2) is 113 Å². The average Bonchev–Trinajstić information content (AvgIpc) is 3.00. The zero-order valence-corrected chi connectivity index (χ0v) is 18.8. The van der Waals surface area contributed by atoms with Crippen molar-refractivity contribution in [2.24, 2.45) is 5.10 Å². The summed E-state index contributed by atoms with van der Waals surface area (Å²) in [6.45, 7) is 4.51. The number of hydrogen-bond acceptors (Lipinski definition) is 6. The lowest BCUT2D eigenvalue weighted by molar-refractivity contribution is -0.117. The summed E-state index contributed by atoms with van der Waals surface area (Å²) in [6.07, 6.45) is 3.39. The van der Waals surface area contributed by atoms with Crippen molar-refractivity contribution in [1.29, 1.82) is 5.41 Å². The van der Waals surface area contributed by atoms with Gasteiger partial charge in [0.05, 0.1) is 5.69 Å². The van der Waals surface area contributed by atoms with Gasteiger partial charge in [-0.15, -0.1) is 0 Å². The second-order valence-electron chi connectivity index (χ2n) is 7.24. The standard InChI is InChI=1S/C26H23N5OS/c1-19-23(17-27)25(26(32)29-18-20-10-4-2-5-11-20)31(22-13-6-3-7-14-22)30-24(33-19)16-21-12-8-9-15-28-21/h2-15,17,27H,1,16,18H2,(H,29,32). The third-order valence-electron chi connectivity index (χ3n) is 4.93. The Morgan fingerprint density at radius 2 is 1.73 bits per heavy atom. The zero-order chi connectivity index (χ0) is 23.0. The van der Waals surface area contributed by atoms with Gasteiger partial charge in [-0.25, -0.2) is 5.01 Å². The number of aromatic nitrogens is 1. The van der Waals surface area contributed by atoms with Crippen LogP contribution in [0.5, 0.6) is 0 Å². The third kappa shape index (κ3) is 5.45. The maximum absolute atomic E-state index is 13.4. The van der Waals surface area contributed by atoms with E-state index in [4.69, 9.17) is 10.5 Å². The van der Waals surface area contributed by atoms with Gasteiger partial charge in [-0.1, -0.05) is 72.9 Å². The first-order valence-corrected chi connectivity index (χ1v) is 11.2. The van der Waals surface area contributed by atoms with Gasteiger partial charge in [0.25, 0.3) is 5.91 Å². The molecule has 0 radical (unpaired) electrons. The van der Waals surface area contributed by atoms with Crippen molar-refractivity contribution < 1.29 is 4.79 Å². The lowest BCUT2D eigenvalue weighted by Crippen LogP contribution is -2.34. The predicted octanol–water partition coefficient (Wildman–Crippen LogP) is 4.92. The number of anilines is 1. The molecule has 2 heterocycles. The highest BCUT2D eigenvalue weighted by atomic mass is 32.2. The summed E-state index contributed by atoms with van der Waals surface area (Å²) in [5.41, 5.74) is 3.25. The molecule has 1 aromatic heterocycles. The Morgan fingerprint density at radius 1 is 1.03 bits per heavy atom. The van der Waals surface area contributed by atoms with E-state index in [1.165, 1.54) is 18.0 Å². The van der Waals surface area contributed by atoms with Crippen LogP contribution in [0.3, 0.4) is 0 Å². The highest BCUT2D eigenvalue weighted by Crippen LogP contribution is 2.34. The van der Waals surface area contributed by atoms with Crippen LogP contribution in [-0.4, -0.2) is 22.1 Å². The summed E-state index contributed by atoms with van der Waals surface area (Å²) >= 11 is 1.35. The average molecular weight is 454 g/mol. The molecule has 2 aromatic carbocycles. The smallest absolute Gasteiger partial charge is 0.270 e. The number of thioether (sulfide) groups is 1. The number of allylic oxidation sites excluding steroid dienone is 1. The summed E-state index contributed by atoms with van der Waals surface area (Å²) in [5, 5.41) is 18.2. The van der Waals surface area contributed by atoms with Crippen LogP contribution in [0.25, 0.3) is 0 Å². The Morgan fingerprint density at radius 3 is 2.39 bits per heavy atom. The molecule has 0 saturated carbocycles. The number of benzene rings is 2. The van der Waals surface area contributed by atoms with Gasteiger partial charge in [0.2, 0.25) is 0 Å². The molecule has 6 nitrogen and oxygen atoms in total. The van der Waals surface area contributed by atoms with Crippen LogP contribution >= 0.6 is 11.8 Å². The summed E-state index contributed by atoms with van der Waals surface area (Å²) in [7, 11) is 0. The van der Waals surface area contributed by atoms with Crippen LogP contribution in [0.2, 0.25) is 0 Å². The van der Waals surface area contributed by atoms with E-state index in [0.717, 1.165) is 22.0 Å². The van der Waals surface area contributed by atoms with E-state index in [2.05, 4.69) is 16.9 Å². The molecule has 33 heavy (non-hydrogen) atoms. The summed E-state index contributed by atoms with van der Waals surface area (Å²) < 4.78 is 0. The van der Waals surface area contributed by atoms with Gasteiger partial charge in [0, 0.05) is 41.5 Å². The van der Waals surface area contributed by atoms with Gasteiger partial charge in [-0.2, -0.15) is 5.10 Å². The minimum Gasteiger partial charge on any atom is -0.347 e. The van der Waals surface area contributed by atoms with E-state index in [0.29, 0.717) is 23.4 Å². The van der Waals surface area contributed by atoms with Crippen LogP contribution in [0.1, 0.15) is 11.3 Å². The molecule has 0 atom stereocenters. The monoisotopic (exact) mass is 453 g/mol. The number of carbonyl (C=O) groups excluding carboxylic acids is 1. The molecule has 1 aliphatic heterocycles. The first kappa shape index (κ1) is 22.2. The molecule has 3 aromatic rings. The minimum absolute atomic E-state index is 0.264.